The zero-order chi connectivity index (χ0) is 11.5. The van der Waals surface area contributed by atoms with Crippen molar-refractivity contribution in [2.75, 3.05) is 12.3 Å². The number of nitrogen functional groups attached to an aromatic ring is 1. The number of aromatic nitrogens is 2. The molecule has 2 rings (SSSR count). The molecule has 1 aromatic rings. The van der Waals surface area contributed by atoms with E-state index in [4.69, 9.17) is 10.5 Å². The molecule has 4 nitrogen and oxygen atoms in total. The molecule has 1 fully saturated rings. The maximum Gasteiger partial charge on any atom is 0.159 e. The van der Waals surface area contributed by atoms with Crippen molar-refractivity contribution >= 4 is 28.4 Å². The third-order valence-electron chi connectivity index (χ3n) is 2.67. The van der Waals surface area contributed by atoms with Crippen molar-refractivity contribution in [2.24, 2.45) is 0 Å². The highest BCUT2D eigenvalue weighted by Crippen LogP contribution is 2.28. The van der Waals surface area contributed by atoms with Crippen molar-refractivity contribution in [1.82, 2.24) is 9.97 Å². The molecule has 0 saturated carbocycles. The third kappa shape index (κ3) is 2.45. The molecule has 0 spiro atoms. The van der Waals surface area contributed by atoms with E-state index in [9.17, 15) is 0 Å². The minimum atomic E-state index is 0.0508. The monoisotopic (exact) mass is 333 g/mol. The third-order valence-corrected chi connectivity index (χ3v) is 3.84. The van der Waals surface area contributed by atoms with Crippen molar-refractivity contribution in [1.29, 1.82) is 0 Å². The largest absolute Gasteiger partial charge is 0.383 e. The van der Waals surface area contributed by atoms with E-state index < -0.39 is 0 Å². The maximum atomic E-state index is 5.91. The van der Waals surface area contributed by atoms with Crippen LogP contribution in [0.4, 0.5) is 5.82 Å². The van der Waals surface area contributed by atoms with Gasteiger partial charge in [0.1, 0.15) is 11.9 Å². The molecule has 0 aliphatic carbocycles. The van der Waals surface area contributed by atoms with E-state index in [2.05, 4.69) is 39.5 Å². The van der Waals surface area contributed by atoms with Gasteiger partial charge in [-0.15, -0.1) is 0 Å². The van der Waals surface area contributed by atoms with Gasteiger partial charge in [0.15, 0.2) is 5.82 Å². The number of aryl methyl sites for hydroxylation is 1. The number of anilines is 1. The molecule has 0 bridgehead atoms. The van der Waals surface area contributed by atoms with Gasteiger partial charge in [0.25, 0.3) is 0 Å². The fourth-order valence-electron chi connectivity index (χ4n) is 1.86. The predicted molar refractivity (Wildman–Crippen MR) is 71.1 cm³/mol. The van der Waals surface area contributed by atoms with Gasteiger partial charge in [0, 0.05) is 6.61 Å². The van der Waals surface area contributed by atoms with E-state index in [1.807, 2.05) is 0 Å². The summed E-state index contributed by atoms with van der Waals surface area (Å²) in [7, 11) is 0. The summed E-state index contributed by atoms with van der Waals surface area (Å²) in [4.78, 5) is 8.91. The Morgan fingerprint density at radius 3 is 2.94 bits per heavy atom. The van der Waals surface area contributed by atoms with E-state index in [1.54, 1.807) is 0 Å². The number of nitrogens with two attached hydrogens (primary N) is 1. The molecule has 16 heavy (non-hydrogen) atoms. The first kappa shape index (κ1) is 12.0. The summed E-state index contributed by atoms with van der Waals surface area (Å²) in [6.45, 7) is 2.95. The van der Waals surface area contributed by atoms with Crippen molar-refractivity contribution in [3.05, 3.63) is 15.1 Å². The quantitative estimate of drug-likeness (QED) is 0.864. The first-order valence-electron chi connectivity index (χ1n) is 5.65. The van der Waals surface area contributed by atoms with Crippen LogP contribution in [-0.2, 0) is 11.2 Å². The Balaban J connectivity index is 2.31. The van der Waals surface area contributed by atoms with Gasteiger partial charge in [0.05, 0.1) is 9.26 Å². The predicted octanol–water partition coefficient (Wildman–Crippen LogP) is 2.47. The summed E-state index contributed by atoms with van der Waals surface area (Å²) in [6.07, 6.45) is 4.16. The van der Waals surface area contributed by atoms with Gasteiger partial charge < -0.3 is 10.5 Å². The molecular weight excluding hydrogens is 317 g/mol. The number of rotatable bonds is 3. The Labute approximate surface area is 109 Å². The molecule has 1 aromatic heterocycles. The molecule has 5 heteroatoms. The molecule has 0 aromatic carbocycles. The van der Waals surface area contributed by atoms with Crippen molar-refractivity contribution < 1.29 is 4.74 Å². The molecule has 2 heterocycles. The number of ether oxygens (including phenoxy) is 1. The van der Waals surface area contributed by atoms with Crippen LogP contribution in [0.5, 0.6) is 0 Å². The summed E-state index contributed by atoms with van der Waals surface area (Å²) in [5, 5.41) is 0. The lowest BCUT2D eigenvalue weighted by Gasteiger charge is -2.12. The van der Waals surface area contributed by atoms with Crippen LogP contribution < -0.4 is 5.73 Å². The second-order valence-corrected chi connectivity index (χ2v) is 5.06. The minimum Gasteiger partial charge on any atom is -0.383 e. The van der Waals surface area contributed by atoms with Crippen LogP contribution >= 0.6 is 22.6 Å². The number of halogens is 1. The van der Waals surface area contributed by atoms with Gasteiger partial charge in [0.2, 0.25) is 0 Å². The Morgan fingerprint density at radius 1 is 1.50 bits per heavy atom. The number of hydrogen-bond donors (Lipinski definition) is 1. The highest BCUT2D eigenvalue weighted by atomic mass is 127. The van der Waals surface area contributed by atoms with Crippen LogP contribution in [0.3, 0.4) is 0 Å². The van der Waals surface area contributed by atoms with E-state index in [1.165, 1.54) is 0 Å². The smallest absolute Gasteiger partial charge is 0.159 e. The average Bonchev–Trinajstić information content (AvgIpc) is 2.78. The highest BCUT2D eigenvalue weighted by Gasteiger charge is 2.22. The molecule has 0 radical (unpaired) electrons. The lowest BCUT2D eigenvalue weighted by Crippen LogP contribution is -2.10. The van der Waals surface area contributed by atoms with E-state index >= 15 is 0 Å². The first-order chi connectivity index (χ1) is 7.72. The summed E-state index contributed by atoms with van der Waals surface area (Å²) in [5.74, 6) is 1.35. The minimum absolute atomic E-state index is 0.0508. The fourth-order valence-corrected chi connectivity index (χ4v) is 2.37. The second kappa shape index (κ2) is 5.27. The Kier molecular flexibility index (Phi) is 3.96. The number of hydrogen-bond acceptors (Lipinski definition) is 4. The van der Waals surface area contributed by atoms with E-state index in [0.717, 1.165) is 47.4 Å². The Hall–Kier alpha value is -0.430. The molecule has 1 atom stereocenters. The molecule has 0 amide bonds. The lowest BCUT2D eigenvalue weighted by molar-refractivity contribution is 0.105. The normalized spacial score (nSPS) is 20.2. The van der Waals surface area contributed by atoms with Gasteiger partial charge >= 0.3 is 0 Å². The van der Waals surface area contributed by atoms with Gasteiger partial charge in [-0.3, -0.25) is 0 Å². The Morgan fingerprint density at radius 2 is 2.31 bits per heavy atom. The van der Waals surface area contributed by atoms with Crippen molar-refractivity contribution in [3.8, 4) is 0 Å². The molecule has 1 unspecified atom stereocenters. The topological polar surface area (TPSA) is 61.0 Å². The van der Waals surface area contributed by atoms with Crippen LogP contribution in [0.2, 0.25) is 0 Å². The summed E-state index contributed by atoms with van der Waals surface area (Å²) in [5.41, 5.74) is 6.96. The lowest BCUT2D eigenvalue weighted by atomic mass is 10.2. The van der Waals surface area contributed by atoms with E-state index in [-0.39, 0.29) is 6.10 Å². The zero-order valence-corrected chi connectivity index (χ0v) is 11.5. The standard InChI is InChI=1S/C11H16IN3O/c1-2-4-7-9(12)10(13)15-11(14-7)8-5-3-6-16-8/h8H,2-6H2,1H3,(H2,13,14,15). The summed E-state index contributed by atoms with van der Waals surface area (Å²) >= 11 is 2.22. The van der Waals surface area contributed by atoms with Gasteiger partial charge in [-0.2, -0.15) is 0 Å². The average molecular weight is 333 g/mol. The molecule has 2 N–H and O–H groups in total. The maximum absolute atomic E-state index is 5.91. The van der Waals surface area contributed by atoms with Crippen molar-refractivity contribution in [3.63, 3.8) is 0 Å². The van der Waals surface area contributed by atoms with Gasteiger partial charge in [-0.05, 0) is 41.9 Å². The Bertz CT molecular complexity index is 378. The molecule has 1 aliphatic heterocycles. The van der Waals surface area contributed by atoms with Gasteiger partial charge in [-0.1, -0.05) is 13.3 Å². The molecular formula is C11H16IN3O. The number of nitrogens with zero attached hydrogens (tertiary/aromatic N) is 2. The van der Waals surface area contributed by atoms with Crippen LogP contribution in [0, 0.1) is 3.57 Å². The molecule has 88 valence electrons. The second-order valence-electron chi connectivity index (χ2n) is 3.98. The first-order valence-corrected chi connectivity index (χ1v) is 6.73. The summed E-state index contributed by atoms with van der Waals surface area (Å²) in [6, 6.07) is 0. The zero-order valence-electron chi connectivity index (χ0n) is 9.37. The molecule has 1 saturated heterocycles. The van der Waals surface area contributed by atoms with Crippen LogP contribution in [0.25, 0.3) is 0 Å². The van der Waals surface area contributed by atoms with Gasteiger partial charge in [-0.25, -0.2) is 9.97 Å². The SMILES string of the molecule is CCCc1nc(C2CCCO2)nc(N)c1I. The van der Waals surface area contributed by atoms with E-state index in [0.29, 0.717) is 5.82 Å². The van der Waals surface area contributed by atoms with Crippen molar-refractivity contribution in [2.45, 2.75) is 38.7 Å². The highest BCUT2D eigenvalue weighted by molar-refractivity contribution is 14.1. The fraction of sp³-hybridized carbons (Fsp3) is 0.636. The van der Waals surface area contributed by atoms with Crippen LogP contribution in [0.1, 0.15) is 43.8 Å². The summed E-state index contributed by atoms with van der Waals surface area (Å²) < 4.78 is 6.57. The van der Waals surface area contributed by atoms with Crippen LogP contribution in [0.15, 0.2) is 0 Å². The van der Waals surface area contributed by atoms with Crippen LogP contribution in [-0.4, -0.2) is 16.6 Å². The molecule has 1 aliphatic rings.